The molecule has 2 aromatic rings. The predicted octanol–water partition coefficient (Wildman–Crippen LogP) is 2.42. The molecule has 1 aliphatic rings. The Labute approximate surface area is 123 Å². The Bertz CT molecular complexity index is 644. The number of hydrogen-bond donors (Lipinski definition) is 1. The van der Waals surface area contributed by atoms with E-state index in [9.17, 15) is 9.18 Å². The Morgan fingerprint density at radius 1 is 1.14 bits per heavy atom. The molecule has 2 heterocycles. The molecule has 1 N–H and O–H groups in total. The summed E-state index contributed by atoms with van der Waals surface area (Å²) in [5.74, 6) is -0.166. The molecule has 0 aliphatic carbocycles. The van der Waals surface area contributed by atoms with E-state index in [-0.39, 0.29) is 11.7 Å². The first-order chi connectivity index (χ1) is 10.2. The van der Waals surface area contributed by atoms with Gasteiger partial charge in [0.15, 0.2) is 0 Å². The highest BCUT2D eigenvalue weighted by atomic mass is 19.1. The lowest BCUT2D eigenvalue weighted by molar-refractivity contribution is 0.0746. The molecule has 5 heteroatoms. The zero-order chi connectivity index (χ0) is 14.8. The van der Waals surface area contributed by atoms with Crippen LogP contribution in [0.5, 0.6) is 0 Å². The Hall–Kier alpha value is -2.30. The van der Waals surface area contributed by atoms with E-state index in [0.717, 1.165) is 5.69 Å². The Kier molecular flexibility index (Phi) is 3.64. The van der Waals surface area contributed by atoms with Crippen molar-refractivity contribution in [3.63, 3.8) is 0 Å². The minimum absolute atomic E-state index is 0.0435. The summed E-state index contributed by atoms with van der Waals surface area (Å²) in [6.45, 7) is 4.41. The van der Waals surface area contributed by atoms with E-state index >= 15 is 0 Å². The number of amides is 1. The fraction of sp³-hybridized carbons (Fsp3) is 0.312. The standard InChI is InChI=1S/C16H18FN3O/c1-12-13(6-7-18-12)16(21)20-10-8-19(9-11-20)15-5-3-2-4-14(15)17/h2-7,18H,8-11H2,1H3. The zero-order valence-electron chi connectivity index (χ0n) is 12.0. The Balaban J connectivity index is 1.67. The molecule has 1 saturated heterocycles. The molecule has 0 bridgehead atoms. The monoisotopic (exact) mass is 287 g/mol. The Morgan fingerprint density at radius 3 is 2.48 bits per heavy atom. The van der Waals surface area contributed by atoms with Crippen LogP contribution in [0.4, 0.5) is 10.1 Å². The first kappa shape index (κ1) is 13.7. The van der Waals surface area contributed by atoms with Gasteiger partial charge in [0.25, 0.3) is 5.91 Å². The molecule has 0 spiro atoms. The molecular formula is C16H18FN3O. The van der Waals surface area contributed by atoms with Crippen molar-refractivity contribution in [2.45, 2.75) is 6.92 Å². The average Bonchev–Trinajstić information content (AvgIpc) is 2.93. The van der Waals surface area contributed by atoms with Crippen molar-refractivity contribution in [2.75, 3.05) is 31.1 Å². The third-order valence-electron chi connectivity index (χ3n) is 3.94. The lowest BCUT2D eigenvalue weighted by atomic mass is 10.2. The number of benzene rings is 1. The number of piperazine rings is 1. The molecule has 0 saturated carbocycles. The number of anilines is 1. The number of aryl methyl sites for hydroxylation is 1. The molecule has 21 heavy (non-hydrogen) atoms. The van der Waals surface area contributed by atoms with Crippen LogP contribution in [0.1, 0.15) is 16.1 Å². The second-order valence-electron chi connectivity index (χ2n) is 5.25. The molecule has 1 aliphatic heterocycles. The lowest BCUT2D eigenvalue weighted by Crippen LogP contribution is -2.49. The van der Waals surface area contributed by atoms with Crippen LogP contribution in [0.2, 0.25) is 0 Å². The highest BCUT2D eigenvalue weighted by Gasteiger charge is 2.24. The van der Waals surface area contributed by atoms with E-state index in [1.807, 2.05) is 22.8 Å². The van der Waals surface area contributed by atoms with Gasteiger partial charge in [-0.25, -0.2) is 4.39 Å². The molecule has 1 aromatic heterocycles. The van der Waals surface area contributed by atoms with Crippen LogP contribution in [0.25, 0.3) is 0 Å². The maximum atomic E-state index is 13.8. The van der Waals surface area contributed by atoms with Gasteiger partial charge in [-0.15, -0.1) is 0 Å². The summed E-state index contributed by atoms with van der Waals surface area (Å²) in [6.07, 6.45) is 1.78. The van der Waals surface area contributed by atoms with Gasteiger partial charge < -0.3 is 14.8 Å². The van der Waals surface area contributed by atoms with E-state index in [2.05, 4.69) is 4.98 Å². The van der Waals surface area contributed by atoms with Crippen LogP contribution >= 0.6 is 0 Å². The number of hydrogen-bond acceptors (Lipinski definition) is 2. The third kappa shape index (κ3) is 2.63. The predicted molar refractivity (Wildman–Crippen MR) is 80.0 cm³/mol. The quantitative estimate of drug-likeness (QED) is 0.921. The molecule has 0 unspecified atom stereocenters. The molecule has 0 radical (unpaired) electrons. The summed E-state index contributed by atoms with van der Waals surface area (Å²) >= 11 is 0. The number of aromatic nitrogens is 1. The van der Waals surface area contributed by atoms with Crippen molar-refractivity contribution >= 4 is 11.6 Å². The number of nitrogens with one attached hydrogen (secondary N) is 1. The van der Waals surface area contributed by atoms with Crippen LogP contribution in [0.3, 0.4) is 0 Å². The fourth-order valence-electron chi connectivity index (χ4n) is 2.71. The average molecular weight is 287 g/mol. The molecule has 1 fully saturated rings. The summed E-state index contributed by atoms with van der Waals surface area (Å²) in [6, 6.07) is 8.58. The summed E-state index contributed by atoms with van der Waals surface area (Å²) in [7, 11) is 0. The maximum Gasteiger partial charge on any atom is 0.255 e. The van der Waals surface area contributed by atoms with E-state index in [0.29, 0.717) is 37.4 Å². The number of carbonyl (C=O) groups is 1. The Morgan fingerprint density at radius 2 is 1.86 bits per heavy atom. The highest BCUT2D eigenvalue weighted by molar-refractivity contribution is 5.95. The van der Waals surface area contributed by atoms with Crippen LogP contribution < -0.4 is 4.90 Å². The molecular weight excluding hydrogens is 269 g/mol. The zero-order valence-corrected chi connectivity index (χ0v) is 12.0. The highest BCUT2D eigenvalue weighted by Crippen LogP contribution is 2.21. The number of nitrogens with zero attached hydrogens (tertiary/aromatic N) is 2. The molecule has 4 nitrogen and oxygen atoms in total. The maximum absolute atomic E-state index is 13.8. The number of H-pyrrole nitrogens is 1. The summed E-state index contributed by atoms with van der Waals surface area (Å²) in [5, 5.41) is 0. The van der Waals surface area contributed by atoms with E-state index < -0.39 is 0 Å². The number of rotatable bonds is 2. The van der Waals surface area contributed by atoms with Crippen molar-refractivity contribution < 1.29 is 9.18 Å². The minimum atomic E-state index is -0.209. The van der Waals surface area contributed by atoms with Gasteiger partial charge in [-0.3, -0.25) is 4.79 Å². The van der Waals surface area contributed by atoms with Crippen molar-refractivity contribution in [3.8, 4) is 0 Å². The van der Waals surface area contributed by atoms with Gasteiger partial charge in [0.1, 0.15) is 5.82 Å². The van der Waals surface area contributed by atoms with Crippen molar-refractivity contribution in [3.05, 3.63) is 53.6 Å². The van der Waals surface area contributed by atoms with Crippen LogP contribution in [-0.4, -0.2) is 42.0 Å². The topological polar surface area (TPSA) is 39.3 Å². The van der Waals surface area contributed by atoms with Gasteiger partial charge in [-0.2, -0.15) is 0 Å². The van der Waals surface area contributed by atoms with Gasteiger partial charge in [0.05, 0.1) is 11.3 Å². The summed E-state index contributed by atoms with van der Waals surface area (Å²) < 4.78 is 13.8. The smallest absolute Gasteiger partial charge is 0.255 e. The fourth-order valence-corrected chi connectivity index (χ4v) is 2.71. The van der Waals surface area contributed by atoms with Gasteiger partial charge in [0, 0.05) is 38.1 Å². The SMILES string of the molecule is Cc1[nH]ccc1C(=O)N1CCN(c2ccccc2F)CC1. The number of para-hydroxylation sites is 1. The van der Waals surface area contributed by atoms with Gasteiger partial charge >= 0.3 is 0 Å². The number of aromatic amines is 1. The second kappa shape index (κ2) is 5.60. The van der Waals surface area contributed by atoms with Gasteiger partial charge in [-0.05, 0) is 25.1 Å². The lowest BCUT2D eigenvalue weighted by Gasteiger charge is -2.36. The first-order valence-electron chi connectivity index (χ1n) is 7.09. The normalized spacial score (nSPS) is 15.3. The molecule has 0 atom stereocenters. The van der Waals surface area contributed by atoms with Gasteiger partial charge in [-0.1, -0.05) is 12.1 Å². The summed E-state index contributed by atoms with van der Waals surface area (Å²) in [4.78, 5) is 19.2. The molecule has 3 rings (SSSR count). The summed E-state index contributed by atoms with van der Waals surface area (Å²) in [5.41, 5.74) is 2.22. The molecule has 1 amide bonds. The van der Waals surface area contributed by atoms with Crippen LogP contribution in [0.15, 0.2) is 36.5 Å². The molecule has 1 aromatic carbocycles. The van der Waals surface area contributed by atoms with E-state index in [1.54, 1.807) is 24.4 Å². The van der Waals surface area contributed by atoms with Gasteiger partial charge in [0.2, 0.25) is 0 Å². The van der Waals surface area contributed by atoms with Crippen molar-refractivity contribution in [1.82, 2.24) is 9.88 Å². The first-order valence-corrected chi connectivity index (χ1v) is 7.09. The number of halogens is 1. The molecule has 110 valence electrons. The second-order valence-corrected chi connectivity index (χ2v) is 5.25. The van der Waals surface area contributed by atoms with Crippen LogP contribution in [0, 0.1) is 12.7 Å². The third-order valence-corrected chi connectivity index (χ3v) is 3.94. The van der Waals surface area contributed by atoms with Crippen molar-refractivity contribution in [1.29, 1.82) is 0 Å². The number of carbonyl (C=O) groups excluding carboxylic acids is 1. The van der Waals surface area contributed by atoms with Crippen molar-refractivity contribution in [2.24, 2.45) is 0 Å². The largest absolute Gasteiger partial charge is 0.366 e. The van der Waals surface area contributed by atoms with Crippen LogP contribution in [-0.2, 0) is 0 Å². The van der Waals surface area contributed by atoms with E-state index in [1.165, 1.54) is 6.07 Å². The minimum Gasteiger partial charge on any atom is -0.366 e. The van der Waals surface area contributed by atoms with E-state index in [4.69, 9.17) is 0 Å².